The summed E-state index contributed by atoms with van der Waals surface area (Å²) in [4.78, 5) is 15.6. The van der Waals surface area contributed by atoms with Crippen molar-refractivity contribution in [1.29, 1.82) is 0 Å². The number of benzene rings is 1. The van der Waals surface area contributed by atoms with Gasteiger partial charge in [0.15, 0.2) is 0 Å². The summed E-state index contributed by atoms with van der Waals surface area (Å²) in [6, 6.07) is 5.85. The van der Waals surface area contributed by atoms with Gasteiger partial charge in [0, 0.05) is 17.5 Å². The Kier molecular flexibility index (Phi) is 3.30. The van der Waals surface area contributed by atoms with Gasteiger partial charge >= 0.3 is 5.97 Å². The van der Waals surface area contributed by atoms with Crippen LogP contribution < -0.4 is 4.74 Å². The molecule has 1 aliphatic carbocycles. The SMILES string of the molecule is COc1cccc2c(CCC(=O)O)c3c(nc12)CCC3. The van der Waals surface area contributed by atoms with Crippen LogP contribution in [0.25, 0.3) is 10.9 Å². The van der Waals surface area contributed by atoms with Crippen LogP contribution in [0.5, 0.6) is 5.75 Å². The third kappa shape index (κ3) is 2.11. The lowest BCUT2D eigenvalue weighted by Gasteiger charge is -2.13. The normalized spacial score (nSPS) is 13.4. The molecule has 4 heteroatoms. The van der Waals surface area contributed by atoms with Crippen LogP contribution in [0.1, 0.15) is 29.7 Å². The molecular formula is C16H17NO3. The maximum atomic E-state index is 10.9. The largest absolute Gasteiger partial charge is 0.494 e. The van der Waals surface area contributed by atoms with Gasteiger partial charge in [-0.2, -0.15) is 0 Å². The molecule has 2 aromatic rings. The molecule has 1 N–H and O–H groups in total. The van der Waals surface area contributed by atoms with Crippen molar-refractivity contribution in [3.63, 3.8) is 0 Å². The summed E-state index contributed by atoms with van der Waals surface area (Å²) in [6.45, 7) is 0. The molecule has 3 rings (SSSR count). The van der Waals surface area contributed by atoms with Crippen LogP contribution in [-0.2, 0) is 24.1 Å². The number of aliphatic carboxylic acids is 1. The fourth-order valence-electron chi connectivity index (χ4n) is 3.04. The summed E-state index contributed by atoms with van der Waals surface area (Å²) in [5, 5.41) is 9.99. The summed E-state index contributed by atoms with van der Waals surface area (Å²) < 4.78 is 5.39. The zero-order chi connectivity index (χ0) is 14.1. The van der Waals surface area contributed by atoms with Gasteiger partial charge in [0.25, 0.3) is 0 Å². The monoisotopic (exact) mass is 271 g/mol. The van der Waals surface area contributed by atoms with Gasteiger partial charge in [0.1, 0.15) is 11.3 Å². The first-order valence-electron chi connectivity index (χ1n) is 6.90. The van der Waals surface area contributed by atoms with Gasteiger partial charge < -0.3 is 9.84 Å². The highest BCUT2D eigenvalue weighted by Crippen LogP contribution is 2.34. The van der Waals surface area contributed by atoms with E-state index in [1.54, 1.807) is 7.11 Å². The van der Waals surface area contributed by atoms with Gasteiger partial charge in [0.2, 0.25) is 0 Å². The summed E-state index contributed by atoms with van der Waals surface area (Å²) in [5.41, 5.74) is 4.37. The predicted molar refractivity (Wildman–Crippen MR) is 76.3 cm³/mol. The lowest BCUT2D eigenvalue weighted by molar-refractivity contribution is -0.136. The topological polar surface area (TPSA) is 59.4 Å². The van der Waals surface area contributed by atoms with Crippen LogP contribution in [0, 0.1) is 0 Å². The highest BCUT2D eigenvalue weighted by molar-refractivity contribution is 5.89. The average molecular weight is 271 g/mol. The molecule has 0 bridgehead atoms. The standard InChI is InChI=1S/C16H17NO3/c1-20-14-7-3-5-12-10(8-9-15(18)19)11-4-2-6-13(11)17-16(12)14/h3,5,7H,2,4,6,8-9H2,1H3,(H,18,19). The Balaban J connectivity index is 2.21. The molecule has 1 aromatic heterocycles. The van der Waals surface area contributed by atoms with Crippen LogP contribution in [0.15, 0.2) is 18.2 Å². The Morgan fingerprint density at radius 2 is 2.25 bits per heavy atom. The van der Waals surface area contributed by atoms with Crippen molar-refractivity contribution < 1.29 is 14.6 Å². The number of methoxy groups -OCH3 is 1. The molecule has 1 aliphatic rings. The fraction of sp³-hybridized carbons (Fsp3) is 0.375. The van der Waals surface area contributed by atoms with Crippen LogP contribution in [0.3, 0.4) is 0 Å². The lowest BCUT2D eigenvalue weighted by Crippen LogP contribution is -2.04. The molecule has 0 amide bonds. The maximum Gasteiger partial charge on any atom is 0.303 e. The highest BCUT2D eigenvalue weighted by atomic mass is 16.5. The number of fused-ring (bicyclic) bond motifs is 2. The van der Waals surface area contributed by atoms with Crippen molar-refractivity contribution in [1.82, 2.24) is 4.98 Å². The maximum absolute atomic E-state index is 10.9. The van der Waals surface area contributed by atoms with Gasteiger partial charge in [-0.1, -0.05) is 12.1 Å². The van der Waals surface area contributed by atoms with Crippen LogP contribution >= 0.6 is 0 Å². The molecule has 0 saturated heterocycles. The third-order valence-electron chi connectivity index (χ3n) is 3.93. The minimum atomic E-state index is -0.760. The van der Waals surface area contributed by atoms with Gasteiger partial charge in [0.05, 0.1) is 7.11 Å². The molecule has 0 spiro atoms. The molecular weight excluding hydrogens is 254 g/mol. The highest BCUT2D eigenvalue weighted by Gasteiger charge is 2.21. The second-order valence-corrected chi connectivity index (χ2v) is 5.12. The molecule has 1 heterocycles. The van der Waals surface area contributed by atoms with E-state index in [0.29, 0.717) is 6.42 Å². The van der Waals surface area contributed by atoms with Crippen molar-refractivity contribution in [2.75, 3.05) is 7.11 Å². The number of ether oxygens (including phenoxy) is 1. The van der Waals surface area contributed by atoms with Gasteiger partial charge in [-0.3, -0.25) is 4.79 Å². The van der Waals surface area contributed by atoms with Crippen LogP contribution in [-0.4, -0.2) is 23.2 Å². The first-order valence-corrected chi connectivity index (χ1v) is 6.90. The molecule has 0 saturated carbocycles. The minimum Gasteiger partial charge on any atom is -0.494 e. The van der Waals surface area contributed by atoms with Gasteiger partial charge in [-0.05, 0) is 42.9 Å². The second-order valence-electron chi connectivity index (χ2n) is 5.12. The Bertz CT molecular complexity index is 679. The Labute approximate surface area is 117 Å². The van der Waals surface area contributed by atoms with Crippen molar-refractivity contribution in [3.05, 3.63) is 35.0 Å². The van der Waals surface area contributed by atoms with E-state index in [-0.39, 0.29) is 6.42 Å². The van der Waals surface area contributed by atoms with E-state index in [0.717, 1.165) is 47.2 Å². The van der Waals surface area contributed by atoms with Crippen molar-refractivity contribution in [2.45, 2.75) is 32.1 Å². The molecule has 104 valence electrons. The van der Waals surface area contributed by atoms with E-state index in [1.807, 2.05) is 18.2 Å². The summed E-state index contributed by atoms with van der Waals surface area (Å²) in [6.07, 6.45) is 3.79. The van der Waals surface area contributed by atoms with E-state index in [1.165, 1.54) is 5.56 Å². The average Bonchev–Trinajstić information content (AvgIpc) is 2.90. The molecule has 0 fully saturated rings. The third-order valence-corrected chi connectivity index (χ3v) is 3.93. The van der Waals surface area contributed by atoms with E-state index in [2.05, 4.69) is 0 Å². The molecule has 0 unspecified atom stereocenters. The molecule has 4 nitrogen and oxygen atoms in total. The quantitative estimate of drug-likeness (QED) is 0.929. The molecule has 1 aromatic carbocycles. The smallest absolute Gasteiger partial charge is 0.303 e. The predicted octanol–water partition coefficient (Wildman–Crippen LogP) is 2.75. The minimum absolute atomic E-state index is 0.156. The molecule has 0 atom stereocenters. The molecule has 20 heavy (non-hydrogen) atoms. The Morgan fingerprint density at radius 1 is 1.40 bits per heavy atom. The molecule has 0 aliphatic heterocycles. The molecule has 0 radical (unpaired) electrons. The summed E-state index contributed by atoms with van der Waals surface area (Å²) >= 11 is 0. The zero-order valence-electron chi connectivity index (χ0n) is 11.5. The van der Waals surface area contributed by atoms with Crippen molar-refractivity contribution in [2.24, 2.45) is 0 Å². The Hall–Kier alpha value is -2.10. The zero-order valence-corrected chi connectivity index (χ0v) is 11.5. The van der Waals surface area contributed by atoms with Crippen molar-refractivity contribution in [3.8, 4) is 5.75 Å². The number of pyridine rings is 1. The summed E-state index contributed by atoms with van der Waals surface area (Å²) in [7, 11) is 1.64. The number of aromatic nitrogens is 1. The number of carboxylic acids is 1. The Morgan fingerprint density at radius 3 is 3.00 bits per heavy atom. The number of aryl methyl sites for hydroxylation is 2. The number of carbonyl (C=O) groups is 1. The van der Waals surface area contributed by atoms with E-state index in [4.69, 9.17) is 14.8 Å². The number of para-hydroxylation sites is 1. The number of rotatable bonds is 4. The number of carboxylic acid groups (broad SMARTS) is 1. The van der Waals surface area contributed by atoms with Crippen LogP contribution in [0.4, 0.5) is 0 Å². The summed E-state index contributed by atoms with van der Waals surface area (Å²) in [5.74, 6) is -0.00150. The van der Waals surface area contributed by atoms with E-state index >= 15 is 0 Å². The number of hydrogen-bond donors (Lipinski definition) is 1. The lowest BCUT2D eigenvalue weighted by atomic mass is 9.97. The van der Waals surface area contributed by atoms with Gasteiger partial charge in [-0.15, -0.1) is 0 Å². The fourth-order valence-corrected chi connectivity index (χ4v) is 3.04. The number of nitrogens with zero attached hydrogens (tertiary/aromatic N) is 1. The first-order chi connectivity index (χ1) is 9.70. The van der Waals surface area contributed by atoms with Crippen LogP contribution in [0.2, 0.25) is 0 Å². The van der Waals surface area contributed by atoms with Crippen molar-refractivity contribution >= 4 is 16.9 Å². The van der Waals surface area contributed by atoms with E-state index in [9.17, 15) is 4.79 Å². The van der Waals surface area contributed by atoms with E-state index < -0.39 is 5.97 Å². The van der Waals surface area contributed by atoms with Gasteiger partial charge in [-0.25, -0.2) is 4.98 Å². The number of hydrogen-bond acceptors (Lipinski definition) is 3. The first kappa shape index (κ1) is 12.9. The second kappa shape index (κ2) is 5.12.